The average molecular weight is 220 g/mol. The Morgan fingerprint density at radius 2 is 2.07 bits per heavy atom. The first kappa shape index (κ1) is 13.1. The van der Waals surface area contributed by atoms with Gasteiger partial charge in [0.25, 0.3) is 0 Å². The molecule has 0 amide bonds. The molecule has 0 rings (SSSR count). The predicted octanol–water partition coefficient (Wildman–Crippen LogP) is 1.19. The topological polar surface area (TPSA) is 83.8 Å². The SMILES string of the molecule is C=C(C)C(=O)OCC(=CC)P(=O)(O)O. The summed E-state index contributed by atoms with van der Waals surface area (Å²) in [4.78, 5) is 28.4. The largest absolute Gasteiger partial charge is 0.457 e. The van der Waals surface area contributed by atoms with E-state index < -0.39 is 20.2 Å². The second kappa shape index (κ2) is 5.10. The fraction of sp³-hybridized carbons (Fsp3) is 0.375. The van der Waals surface area contributed by atoms with Gasteiger partial charge in [-0.3, -0.25) is 4.57 Å². The molecular formula is C8H13O5P. The maximum Gasteiger partial charge on any atom is 0.355 e. The molecule has 0 aromatic rings. The molecule has 0 heterocycles. The molecule has 0 unspecified atom stereocenters. The molecule has 5 nitrogen and oxygen atoms in total. The number of carbonyl (C=O) groups excluding carboxylic acids is 1. The maximum atomic E-state index is 10.9. The smallest absolute Gasteiger partial charge is 0.355 e. The predicted molar refractivity (Wildman–Crippen MR) is 51.6 cm³/mol. The van der Waals surface area contributed by atoms with Gasteiger partial charge in [-0.15, -0.1) is 0 Å². The normalized spacial score (nSPS) is 12.4. The van der Waals surface area contributed by atoms with Crippen LogP contribution in [0.2, 0.25) is 0 Å². The van der Waals surface area contributed by atoms with Gasteiger partial charge in [-0.05, 0) is 13.8 Å². The molecule has 0 fully saturated rings. The molecule has 0 aromatic carbocycles. The molecule has 14 heavy (non-hydrogen) atoms. The summed E-state index contributed by atoms with van der Waals surface area (Å²) in [5.74, 6) is -0.669. The van der Waals surface area contributed by atoms with Gasteiger partial charge in [0.2, 0.25) is 0 Å². The zero-order chi connectivity index (χ0) is 11.4. The molecule has 0 aliphatic carbocycles. The van der Waals surface area contributed by atoms with E-state index in [1.54, 1.807) is 0 Å². The van der Waals surface area contributed by atoms with Gasteiger partial charge < -0.3 is 14.5 Å². The van der Waals surface area contributed by atoms with E-state index in [0.29, 0.717) is 0 Å². The Morgan fingerprint density at radius 1 is 1.57 bits per heavy atom. The van der Waals surface area contributed by atoms with Crippen LogP contribution >= 0.6 is 7.60 Å². The molecule has 0 saturated heterocycles. The van der Waals surface area contributed by atoms with Crippen molar-refractivity contribution in [2.75, 3.05) is 6.61 Å². The Morgan fingerprint density at radius 3 is 2.36 bits per heavy atom. The fourth-order valence-electron chi connectivity index (χ4n) is 0.598. The van der Waals surface area contributed by atoms with E-state index >= 15 is 0 Å². The Kier molecular flexibility index (Phi) is 4.77. The second-order valence-corrected chi connectivity index (χ2v) is 4.34. The highest BCUT2D eigenvalue weighted by Gasteiger charge is 2.21. The van der Waals surface area contributed by atoms with E-state index in [0.717, 1.165) is 0 Å². The Balaban J connectivity index is 4.33. The lowest BCUT2D eigenvalue weighted by Gasteiger charge is -2.09. The summed E-state index contributed by atoms with van der Waals surface area (Å²) in [7, 11) is -4.31. The van der Waals surface area contributed by atoms with Gasteiger partial charge in [-0.1, -0.05) is 12.7 Å². The van der Waals surface area contributed by atoms with Crippen LogP contribution < -0.4 is 0 Å². The van der Waals surface area contributed by atoms with Crippen LogP contribution in [0, 0.1) is 0 Å². The minimum atomic E-state index is -4.31. The molecule has 0 bridgehead atoms. The van der Waals surface area contributed by atoms with Crippen molar-refractivity contribution >= 4 is 13.6 Å². The van der Waals surface area contributed by atoms with Gasteiger partial charge >= 0.3 is 13.6 Å². The van der Waals surface area contributed by atoms with Crippen molar-refractivity contribution in [3.05, 3.63) is 23.5 Å². The van der Waals surface area contributed by atoms with Crippen molar-refractivity contribution in [2.24, 2.45) is 0 Å². The monoisotopic (exact) mass is 220 g/mol. The molecule has 0 spiro atoms. The van der Waals surface area contributed by atoms with E-state index in [4.69, 9.17) is 9.79 Å². The van der Waals surface area contributed by atoms with Gasteiger partial charge in [-0.2, -0.15) is 0 Å². The number of rotatable bonds is 4. The van der Waals surface area contributed by atoms with Crippen molar-refractivity contribution in [3.63, 3.8) is 0 Å². The lowest BCUT2D eigenvalue weighted by atomic mass is 10.4. The molecule has 80 valence electrons. The van der Waals surface area contributed by atoms with Crippen molar-refractivity contribution < 1.29 is 23.9 Å². The van der Waals surface area contributed by atoms with Crippen molar-refractivity contribution in [1.29, 1.82) is 0 Å². The summed E-state index contributed by atoms with van der Waals surface area (Å²) in [5.41, 5.74) is 0.186. The van der Waals surface area contributed by atoms with Crippen LogP contribution in [0.5, 0.6) is 0 Å². The van der Waals surface area contributed by atoms with Crippen LogP contribution in [0.3, 0.4) is 0 Å². The third-order valence-electron chi connectivity index (χ3n) is 1.41. The molecule has 0 radical (unpaired) electrons. The maximum absolute atomic E-state index is 10.9. The average Bonchev–Trinajstić information content (AvgIpc) is 2.02. The first-order chi connectivity index (χ1) is 6.29. The number of hydrogen-bond acceptors (Lipinski definition) is 3. The van der Waals surface area contributed by atoms with E-state index in [9.17, 15) is 9.36 Å². The number of hydrogen-bond donors (Lipinski definition) is 2. The molecule has 0 saturated carbocycles. The van der Waals surface area contributed by atoms with E-state index in [1.165, 1.54) is 19.9 Å². The van der Waals surface area contributed by atoms with Gasteiger partial charge in [0.05, 0.1) is 5.31 Å². The summed E-state index contributed by atoms with van der Waals surface area (Å²) in [6, 6.07) is 0. The third-order valence-corrected chi connectivity index (χ3v) is 2.54. The Hall–Kier alpha value is -0.900. The van der Waals surface area contributed by atoms with Gasteiger partial charge in [0.1, 0.15) is 6.61 Å². The van der Waals surface area contributed by atoms with Gasteiger partial charge in [0, 0.05) is 5.57 Å². The lowest BCUT2D eigenvalue weighted by Crippen LogP contribution is -2.08. The summed E-state index contributed by atoms with van der Waals surface area (Å²) in [6.07, 6.45) is 1.23. The van der Waals surface area contributed by atoms with E-state index in [2.05, 4.69) is 11.3 Å². The first-order valence-corrected chi connectivity index (χ1v) is 5.44. The fourth-order valence-corrected chi connectivity index (χ4v) is 1.17. The highest BCUT2D eigenvalue weighted by atomic mass is 31.2. The summed E-state index contributed by atoms with van der Waals surface area (Å²) in [5, 5.41) is -0.216. The summed E-state index contributed by atoms with van der Waals surface area (Å²) >= 11 is 0. The van der Waals surface area contributed by atoms with Crippen LogP contribution in [0.15, 0.2) is 23.5 Å². The number of allylic oxidation sites excluding steroid dienone is 1. The lowest BCUT2D eigenvalue weighted by molar-refractivity contribution is -0.137. The molecule has 0 atom stereocenters. The quantitative estimate of drug-likeness (QED) is 0.422. The van der Waals surface area contributed by atoms with Crippen LogP contribution in [0.1, 0.15) is 13.8 Å². The minimum Gasteiger partial charge on any atom is -0.457 e. The summed E-state index contributed by atoms with van der Waals surface area (Å²) < 4.78 is 15.3. The van der Waals surface area contributed by atoms with Crippen LogP contribution in [0.4, 0.5) is 0 Å². The van der Waals surface area contributed by atoms with Gasteiger partial charge in [-0.25, -0.2) is 4.79 Å². The standard InChI is InChI=1S/C8H13O5P/c1-4-7(14(10,11)12)5-13-8(9)6(2)3/h4H,2,5H2,1,3H3,(H2,10,11,12). The van der Waals surface area contributed by atoms with Crippen molar-refractivity contribution in [1.82, 2.24) is 0 Å². The van der Waals surface area contributed by atoms with E-state index in [-0.39, 0.29) is 10.9 Å². The highest BCUT2D eigenvalue weighted by molar-refractivity contribution is 7.56. The van der Waals surface area contributed by atoms with Crippen molar-refractivity contribution in [3.8, 4) is 0 Å². The first-order valence-electron chi connectivity index (χ1n) is 3.83. The molecular weight excluding hydrogens is 207 g/mol. The molecule has 2 N–H and O–H groups in total. The van der Waals surface area contributed by atoms with Crippen LogP contribution in [-0.2, 0) is 14.1 Å². The summed E-state index contributed by atoms with van der Waals surface area (Å²) in [6.45, 7) is 5.84. The van der Waals surface area contributed by atoms with Crippen LogP contribution in [0.25, 0.3) is 0 Å². The zero-order valence-corrected chi connectivity index (χ0v) is 8.95. The van der Waals surface area contributed by atoms with E-state index in [1.807, 2.05) is 0 Å². The molecule has 0 aliphatic heterocycles. The Bertz CT molecular complexity index is 312. The van der Waals surface area contributed by atoms with Gasteiger partial charge in [0.15, 0.2) is 0 Å². The Labute approximate surface area is 82.2 Å². The second-order valence-electron chi connectivity index (χ2n) is 2.68. The molecule has 6 heteroatoms. The number of ether oxygens (including phenoxy) is 1. The molecule has 0 aromatic heterocycles. The van der Waals surface area contributed by atoms with Crippen molar-refractivity contribution in [2.45, 2.75) is 13.8 Å². The zero-order valence-electron chi connectivity index (χ0n) is 8.06. The highest BCUT2D eigenvalue weighted by Crippen LogP contribution is 2.44. The minimum absolute atomic E-state index is 0.186. The third kappa shape index (κ3) is 4.37. The number of carbonyl (C=O) groups is 1. The molecule has 0 aliphatic rings. The number of esters is 1. The van der Waals surface area contributed by atoms with Crippen LogP contribution in [-0.4, -0.2) is 22.4 Å².